The number of carbonyl (C=O) groups is 1. The minimum absolute atomic E-state index is 0.0342. The second-order valence-corrected chi connectivity index (χ2v) is 6.01. The monoisotopic (exact) mass is 303 g/mol. The molecule has 0 radical (unpaired) electrons. The molecule has 0 bridgehead atoms. The van der Waals surface area contributed by atoms with Gasteiger partial charge in [-0.15, -0.1) is 0 Å². The number of hydrogen-bond donors (Lipinski definition) is 1. The van der Waals surface area contributed by atoms with Crippen molar-refractivity contribution in [2.75, 3.05) is 5.32 Å². The minimum Gasteiger partial charge on any atom is -0.475 e. The van der Waals surface area contributed by atoms with E-state index in [1.807, 2.05) is 24.7 Å². The third kappa shape index (κ3) is 3.47. The number of carbonyl (C=O) groups excluding carboxylic acids is 1. The Hall–Kier alpha value is -2.31. The highest BCUT2D eigenvalue weighted by Crippen LogP contribution is 2.30. The van der Waals surface area contributed by atoms with Crippen LogP contribution in [0, 0.1) is 5.92 Å². The average Bonchev–Trinajstić information content (AvgIpc) is 3.03. The second kappa shape index (κ2) is 5.82. The normalized spacial score (nSPS) is 14.4. The van der Waals surface area contributed by atoms with Gasteiger partial charge in [0.2, 0.25) is 5.88 Å². The number of anilines is 1. The lowest BCUT2D eigenvalue weighted by atomic mass is 10.4. The van der Waals surface area contributed by atoms with Crippen LogP contribution in [0.3, 0.4) is 0 Å². The van der Waals surface area contributed by atoms with Gasteiger partial charge in [-0.3, -0.25) is 9.48 Å². The van der Waals surface area contributed by atoms with Crippen molar-refractivity contribution in [1.29, 1.82) is 0 Å². The van der Waals surface area contributed by atoms with Crippen molar-refractivity contribution in [2.45, 2.75) is 39.3 Å². The summed E-state index contributed by atoms with van der Waals surface area (Å²) in [5.74, 6) is 1.06. The minimum atomic E-state index is -0.264. The Balaban J connectivity index is 1.64. The summed E-state index contributed by atoms with van der Waals surface area (Å²) < 4.78 is 9.02. The largest absolute Gasteiger partial charge is 0.475 e. The van der Waals surface area contributed by atoms with Crippen molar-refractivity contribution < 1.29 is 9.53 Å². The third-order valence-electron chi connectivity index (χ3n) is 3.46. The highest BCUT2D eigenvalue weighted by Gasteiger charge is 2.22. The molecule has 0 aliphatic heterocycles. The van der Waals surface area contributed by atoms with Crippen LogP contribution in [0.5, 0.6) is 5.88 Å². The molecule has 0 atom stereocenters. The van der Waals surface area contributed by atoms with Crippen molar-refractivity contribution in [3.05, 3.63) is 24.2 Å². The van der Waals surface area contributed by atoms with E-state index in [4.69, 9.17) is 4.74 Å². The quantitative estimate of drug-likeness (QED) is 0.886. The fourth-order valence-electron chi connectivity index (χ4n) is 2.20. The summed E-state index contributed by atoms with van der Waals surface area (Å²) in [6.07, 6.45) is 6.09. The van der Waals surface area contributed by atoms with Crippen molar-refractivity contribution in [3.63, 3.8) is 0 Å². The van der Waals surface area contributed by atoms with E-state index in [-0.39, 0.29) is 12.0 Å². The van der Waals surface area contributed by atoms with E-state index < -0.39 is 0 Å². The van der Waals surface area contributed by atoms with Gasteiger partial charge in [-0.1, -0.05) is 0 Å². The molecule has 0 spiro atoms. The maximum absolute atomic E-state index is 12.2. The number of ether oxygens (including phenoxy) is 1. The molecule has 3 rings (SSSR count). The molecule has 2 aromatic heterocycles. The summed E-state index contributed by atoms with van der Waals surface area (Å²) in [4.78, 5) is 12.2. The molecule has 118 valence electrons. The summed E-state index contributed by atoms with van der Waals surface area (Å²) >= 11 is 0. The SMILES string of the molecule is CC(C)Oc1cc(C(=O)Nc2cnn(CC3CC3)c2)nn1C. The van der Waals surface area contributed by atoms with Gasteiger partial charge in [-0.25, -0.2) is 4.68 Å². The number of aromatic nitrogens is 4. The van der Waals surface area contributed by atoms with E-state index in [0.29, 0.717) is 17.3 Å². The van der Waals surface area contributed by atoms with Gasteiger partial charge < -0.3 is 10.1 Å². The van der Waals surface area contributed by atoms with Crippen LogP contribution in [0.1, 0.15) is 37.2 Å². The molecule has 22 heavy (non-hydrogen) atoms. The predicted octanol–water partition coefficient (Wildman–Crippen LogP) is 2.07. The molecule has 1 N–H and O–H groups in total. The summed E-state index contributed by atoms with van der Waals surface area (Å²) in [7, 11) is 1.75. The molecule has 2 heterocycles. The zero-order valence-electron chi connectivity index (χ0n) is 13.1. The first kappa shape index (κ1) is 14.6. The Labute approximate surface area is 129 Å². The number of rotatable bonds is 6. The van der Waals surface area contributed by atoms with Crippen LogP contribution in [0.15, 0.2) is 18.5 Å². The predicted molar refractivity (Wildman–Crippen MR) is 81.9 cm³/mol. The van der Waals surface area contributed by atoms with Gasteiger partial charge in [0, 0.05) is 25.9 Å². The molecule has 1 aliphatic carbocycles. The lowest BCUT2D eigenvalue weighted by Gasteiger charge is -2.07. The fraction of sp³-hybridized carbons (Fsp3) is 0.533. The number of aryl methyl sites for hydroxylation is 1. The smallest absolute Gasteiger partial charge is 0.276 e. The third-order valence-corrected chi connectivity index (χ3v) is 3.46. The van der Waals surface area contributed by atoms with Crippen LogP contribution in [-0.2, 0) is 13.6 Å². The van der Waals surface area contributed by atoms with E-state index in [1.165, 1.54) is 12.8 Å². The molecule has 1 amide bonds. The van der Waals surface area contributed by atoms with Crippen LogP contribution in [0.4, 0.5) is 5.69 Å². The van der Waals surface area contributed by atoms with Crippen molar-refractivity contribution in [2.24, 2.45) is 13.0 Å². The van der Waals surface area contributed by atoms with Gasteiger partial charge in [0.05, 0.1) is 18.0 Å². The molecule has 7 nitrogen and oxygen atoms in total. The number of nitrogens with zero attached hydrogens (tertiary/aromatic N) is 4. The van der Waals surface area contributed by atoms with Gasteiger partial charge in [0.25, 0.3) is 5.91 Å². The highest BCUT2D eigenvalue weighted by molar-refractivity contribution is 6.02. The van der Waals surface area contributed by atoms with Gasteiger partial charge in [0.15, 0.2) is 5.69 Å². The molecule has 0 saturated heterocycles. The van der Waals surface area contributed by atoms with Crippen molar-refractivity contribution >= 4 is 11.6 Å². The summed E-state index contributed by atoms with van der Waals surface area (Å²) in [5.41, 5.74) is 1.01. The van der Waals surface area contributed by atoms with Crippen LogP contribution in [0.25, 0.3) is 0 Å². The van der Waals surface area contributed by atoms with Crippen LogP contribution in [0.2, 0.25) is 0 Å². The van der Waals surface area contributed by atoms with Crippen molar-refractivity contribution in [3.8, 4) is 5.88 Å². The summed E-state index contributed by atoms with van der Waals surface area (Å²) in [6, 6.07) is 1.64. The summed E-state index contributed by atoms with van der Waals surface area (Å²) in [6.45, 7) is 4.79. The van der Waals surface area contributed by atoms with Crippen LogP contribution in [-0.4, -0.2) is 31.6 Å². The maximum Gasteiger partial charge on any atom is 0.276 e. The zero-order chi connectivity index (χ0) is 15.7. The Morgan fingerprint density at radius 1 is 1.50 bits per heavy atom. The molecule has 7 heteroatoms. The first-order chi connectivity index (χ1) is 10.5. The molecule has 0 unspecified atom stereocenters. The topological polar surface area (TPSA) is 74.0 Å². The molecular formula is C15H21N5O2. The standard InChI is InChI=1S/C15H21N5O2/c1-10(2)22-14-6-13(18-19(14)3)15(21)17-12-7-16-20(9-12)8-11-4-5-11/h6-7,9-11H,4-5,8H2,1-3H3,(H,17,21). The lowest BCUT2D eigenvalue weighted by Crippen LogP contribution is -2.12. The second-order valence-electron chi connectivity index (χ2n) is 6.01. The highest BCUT2D eigenvalue weighted by atomic mass is 16.5. The molecule has 0 aromatic carbocycles. The lowest BCUT2D eigenvalue weighted by molar-refractivity contribution is 0.102. The van der Waals surface area contributed by atoms with Crippen LogP contribution < -0.4 is 10.1 Å². The number of amides is 1. The Morgan fingerprint density at radius 2 is 2.27 bits per heavy atom. The Kier molecular flexibility index (Phi) is 3.87. The maximum atomic E-state index is 12.2. The first-order valence-corrected chi connectivity index (χ1v) is 7.56. The number of hydrogen-bond acceptors (Lipinski definition) is 4. The average molecular weight is 303 g/mol. The van der Waals surface area contributed by atoms with Gasteiger partial charge in [0.1, 0.15) is 0 Å². The van der Waals surface area contributed by atoms with Gasteiger partial charge in [-0.05, 0) is 32.6 Å². The van der Waals surface area contributed by atoms with Crippen LogP contribution >= 0.6 is 0 Å². The van der Waals surface area contributed by atoms with E-state index in [2.05, 4.69) is 15.5 Å². The molecule has 1 saturated carbocycles. The number of nitrogens with one attached hydrogen (secondary N) is 1. The first-order valence-electron chi connectivity index (χ1n) is 7.56. The molecule has 2 aromatic rings. The Bertz CT molecular complexity index is 669. The van der Waals surface area contributed by atoms with E-state index in [9.17, 15) is 4.79 Å². The molecule has 1 aliphatic rings. The van der Waals surface area contributed by atoms with Gasteiger partial charge >= 0.3 is 0 Å². The van der Waals surface area contributed by atoms with E-state index in [1.54, 1.807) is 24.0 Å². The molecular weight excluding hydrogens is 282 g/mol. The van der Waals surface area contributed by atoms with Crippen molar-refractivity contribution in [1.82, 2.24) is 19.6 Å². The Morgan fingerprint density at radius 3 is 2.95 bits per heavy atom. The van der Waals surface area contributed by atoms with E-state index >= 15 is 0 Å². The summed E-state index contributed by atoms with van der Waals surface area (Å²) in [5, 5.41) is 11.2. The molecule has 1 fully saturated rings. The zero-order valence-corrected chi connectivity index (χ0v) is 13.1. The van der Waals surface area contributed by atoms with Gasteiger partial charge in [-0.2, -0.15) is 10.2 Å². The fourth-order valence-corrected chi connectivity index (χ4v) is 2.20. The van der Waals surface area contributed by atoms with E-state index in [0.717, 1.165) is 12.5 Å².